The molecule has 0 aromatic heterocycles. The molecule has 0 fully saturated rings. The van der Waals surface area contributed by atoms with Crippen LogP contribution in [0.15, 0.2) is 164 Å². The molecule has 0 N–H and O–H groups in total. The van der Waals surface area contributed by atoms with Gasteiger partial charge in [0.2, 0.25) is 0 Å². The van der Waals surface area contributed by atoms with Crippen molar-refractivity contribution in [2.24, 2.45) is 0 Å². The van der Waals surface area contributed by atoms with Crippen LogP contribution in [0.1, 0.15) is 59.3 Å². The van der Waals surface area contributed by atoms with Crippen LogP contribution in [0.3, 0.4) is 0 Å². The van der Waals surface area contributed by atoms with Gasteiger partial charge in [0.25, 0.3) is 0 Å². The third-order valence-corrected chi connectivity index (χ3v) is 9.67. The summed E-state index contributed by atoms with van der Waals surface area (Å²) in [4.78, 5) is 9.69. The van der Waals surface area contributed by atoms with Crippen LogP contribution in [0.2, 0.25) is 0 Å². The van der Waals surface area contributed by atoms with Gasteiger partial charge in [-0.1, -0.05) is 94.6 Å². The highest BCUT2D eigenvalue weighted by molar-refractivity contribution is 5.80. The molecule has 0 amide bonds. The van der Waals surface area contributed by atoms with E-state index in [0.717, 1.165) is 75.2 Å². The Labute approximate surface area is 312 Å². The van der Waals surface area contributed by atoms with Gasteiger partial charge in [-0.2, -0.15) is 0 Å². The Morgan fingerprint density at radius 2 is 0.481 bits per heavy atom. The molecule has 0 radical (unpaired) electrons. The van der Waals surface area contributed by atoms with Gasteiger partial charge in [0.05, 0.1) is 0 Å². The molecule has 0 atom stereocenters. The van der Waals surface area contributed by atoms with E-state index in [1.54, 1.807) is 0 Å². The second-order valence-electron chi connectivity index (χ2n) is 13.4. The third-order valence-electron chi connectivity index (χ3n) is 9.67. The molecular formula is C48H54N4. The lowest BCUT2D eigenvalue weighted by molar-refractivity contribution is 0.785. The predicted molar refractivity (Wildman–Crippen MR) is 226 cm³/mol. The van der Waals surface area contributed by atoms with Crippen LogP contribution in [0.4, 0.5) is 51.2 Å². The zero-order valence-electron chi connectivity index (χ0n) is 31.2. The highest BCUT2D eigenvalue weighted by atomic mass is 15.2. The van der Waals surface area contributed by atoms with Crippen molar-refractivity contribution in [3.63, 3.8) is 0 Å². The van der Waals surface area contributed by atoms with Gasteiger partial charge >= 0.3 is 0 Å². The number of unbranched alkanes of at least 4 members (excludes halogenated alkanes) is 3. The molecular weight excluding hydrogens is 633 g/mol. The molecule has 4 nitrogen and oxygen atoms in total. The maximum atomic E-state index is 2.43. The van der Waals surface area contributed by atoms with Gasteiger partial charge in [-0.3, -0.25) is 0 Å². The molecule has 4 heteroatoms. The monoisotopic (exact) mass is 686 g/mol. The summed E-state index contributed by atoms with van der Waals surface area (Å²) in [6.45, 7) is 9.72. The fourth-order valence-electron chi connectivity index (χ4n) is 6.79. The van der Waals surface area contributed by atoms with E-state index in [1.807, 2.05) is 0 Å². The number of anilines is 9. The summed E-state index contributed by atoms with van der Waals surface area (Å²) in [5, 5.41) is 0. The van der Waals surface area contributed by atoms with E-state index in [1.165, 1.54) is 34.1 Å². The van der Waals surface area contributed by atoms with Gasteiger partial charge in [-0.25, -0.2) is 0 Å². The number of nitrogens with zero attached hydrogens (tertiary/aromatic N) is 4. The minimum absolute atomic E-state index is 0.985. The fourth-order valence-corrected chi connectivity index (χ4v) is 6.79. The number of benzene rings is 6. The average molecular weight is 687 g/mol. The number of para-hydroxylation sites is 3. The maximum Gasteiger partial charge on any atom is 0.0463 e. The van der Waals surface area contributed by atoms with E-state index < -0.39 is 0 Å². The summed E-state index contributed by atoms with van der Waals surface area (Å²) in [6, 6.07) is 59.5. The van der Waals surface area contributed by atoms with Crippen LogP contribution < -0.4 is 19.6 Å². The molecule has 6 aromatic rings. The summed E-state index contributed by atoms with van der Waals surface area (Å²) >= 11 is 0. The molecule has 0 unspecified atom stereocenters. The first kappa shape index (κ1) is 36.3. The molecule has 52 heavy (non-hydrogen) atoms. The average Bonchev–Trinajstić information content (AvgIpc) is 3.21. The summed E-state index contributed by atoms with van der Waals surface area (Å²) in [5.74, 6) is 0. The van der Waals surface area contributed by atoms with Crippen LogP contribution in [0.25, 0.3) is 0 Å². The van der Waals surface area contributed by atoms with E-state index in [9.17, 15) is 0 Å². The van der Waals surface area contributed by atoms with Gasteiger partial charge in [0.1, 0.15) is 0 Å². The van der Waals surface area contributed by atoms with Crippen molar-refractivity contribution in [3.8, 4) is 0 Å². The summed E-state index contributed by atoms with van der Waals surface area (Å²) < 4.78 is 0. The highest BCUT2D eigenvalue weighted by Crippen LogP contribution is 2.39. The quantitative estimate of drug-likeness (QED) is 0.0892. The Kier molecular flexibility index (Phi) is 13.0. The van der Waals surface area contributed by atoms with E-state index in [2.05, 4.69) is 204 Å². The molecule has 0 aliphatic carbocycles. The van der Waals surface area contributed by atoms with Gasteiger partial charge in [0, 0.05) is 70.8 Å². The second kappa shape index (κ2) is 18.7. The van der Waals surface area contributed by atoms with Crippen molar-refractivity contribution < 1.29 is 0 Å². The smallest absolute Gasteiger partial charge is 0.0463 e. The molecule has 0 spiro atoms. The van der Waals surface area contributed by atoms with Crippen molar-refractivity contribution in [2.45, 2.75) is 59.3 Å². The molecule has 0 aliphatic rings. The van der Waals surface area contributed by atoms with Crippen LogP contribution >= 0.6 is 0 Å². The van der Waals surface area contributed by atoms with Crippen molar-refractivity contribution in [2.75, 3.05) is 39.2 Å². The van der Waals surface area contributed by atoms with Crippen molar-refractivity contribution in [3.05, 3.63) is 164 Å². The van der Waals surface area contributed by atoms with Gasteiger partial charge in [0.15, 0.2) is 0 Å². The topological polar surface area (TPSA) is 13.0 Å². The van der Waals surface area contributed by atoms with E-state index >= 15 is 0 Å². The Morgan fingerprint density at radius 3 is 0.712 bits per heavy atom. The van der Waals surface area contributed by atoms with Crippen molar-refractivity contribution in [1.29, 1.82) is 0 Å². The summed E-state index contributed by atoms with van der Waals surface area (Å²) in [7, 11) is 0. The molecule has 0 saturated heterocycles. The first-order valence-electron chi connectivity index (χ1n) is 19.3. The minimum atomic E-state index is 0.985. The van der Waals surface area contributed by atoms with Crippen LogP contribution in [-0.2, 0) is 0 Å². The number of rotatable bonds is 18. The van der Waals surface area contributed by atoms with Gasteiger partial charge < -0.3 is 19.6 Å². The lowest BCUT2D eigenvalue weighted by Gasteiger charge is -2.30. The minimum Gasteiger partial charge on any atom is -0.341 e. The van der Waals surface area contributed by atoms with Gasteiger partial charge in [-0.05, 0) is 128 Å². The van der Waals surface area contributed by atoms with Crippen molar-refractivity contribution >= 4 is 51.2 Å². The zero-order chi connectivity index (χ0) is 36.0. The third kappa shape index (κ3) is 9.05. The first-order chi connectivity index (χ1) is 25.7. The number of hydrogen-bond acceptors (Lipinski definition) is 4. The first-order valence-corrected chi connectivity index (χ1v) is 19.3. The Balaban J connectivity index is 1.37. The zero-order valence-corrected chi connectivity index (χ0v) is 31.2. The SMILES string of the molecule is CCCCN(c1ccccc1)c1ccc(N(c2ccc(N(CCCC)c3ccccc3)cc2)c2ccc(N(CCCC)c3ccccc3)cc2)cc1. The molecule has 6 aromatic carbocycles. The summed E-state index contributed by atoms with van der Waals surface area (Å²) in [5.41, 5.74) is 10.7. The molecule has 0 heterocycles. The maximum absolute atomic E-state index is 2.43. The Morgan fingerprint density at radius 1 is 0.269 bits per heavy atom. The lowest BCUT2D eigenvalue weighted by Crippen LogP contribution is -2.19. The van der Waals surface area contributed by atoms with E-state index in [0.29, 0.717) is 0 Å². The molecule has 0 aliphatic heterocycles. The Bertz CT molecular complexity index is 1650. The largest absolute Gasteiger partial charge is 0.341 e. The van der Waals surface area contributed by atoms with Crippen LogP contribution in [-0.4, -0.2) is 19.6 Å². The Hall–Kier alpha value is -5.48. The molecule has 6 rings (SSSR count). The predicted octanol–water partition coefficient (Wildman–Crippen LogP) is 14.0. The lowest BCUT2D eigenvalue weighted by atomic mass is 10.1. The highest BCUT2D eigenvalue weighted by Gasteiger charge is 2.17. The molecule has 266 valence electrons. The fraction of sp³-hybridized carbons (Fsp3) is 0.250. The van der Waals surface area contributed by atoms with E-state index in [-0.39, 0.29) is 0 Å². The standard InChI is InChI=1S/C48H54N4/c1-4-7-37-49(40-19-13-10-14-20-40)43-25-31-46(32-26-43)52(47-33-27-44(28-34-47)50(38-8-5-2)41-21-15-11-16-22-41)48-35-29-45(30-36-48)51(39-9-6-3)42-23-17-12-18-24-42/h10-36H,4-9,37-39H2,1-3H3. The molecule has 0 bridgehead atoms. The number of hydrogen-bond donors (Lipinski definition) is 0. The summed E-state index contributed by atoms with van der Waals surface area (Å²) in [6.07, 6.45) is 6.87. The van der Waals surface area contributed by atoms with Crippen LogP contribution in [0, 0.1) is 0 Å². The van der Waals surface area contributed by atoms with Gasteiger partial charge in [-0.15, -0.1) is 0 Å². The second-order valence-corrected chi connectivity index (χ2v) is 13.4. The molecule has 0 saturated carbocycles. The van der Waals surface area contributed by atoms with Crippen LogP contribution in [0.5, 0.6) is 0 Å². The van der Waals surface area contributed by atoms with E-state index in [4.69, 9.17) is 0 Å². The normalized spacial score (nSPS) is 10.9. The van der Waals surface area contributed by atoms with Crippen molar-refractivity contribution in [1.82, 2.24) is 0 Å².